The van der Waals surface area contributed by atoms with E-state index in [4.69, 9.17) is 5.11 Å². The van der Waals surface area contributed by atoms with Crippen LogP contribution in [0.15, 0.2) is 0 Å². The highest BCUT2D eigenvalue weighted by molar-refractivity contribution is 5.87. The molecule has 11 heavy (non-hydrogen) atoms. The quantitative estimate of drug-likeness (QED) is 0.482. The lowest BCUT2D eigenvalue weighted by atomic mass is 10.2. The number of nitrogens with one attached hydrogen (secondary N) is 2. The molecule has 0 saturated carbocycles. The third kappa shape index (κ3) is 1.83. The van der Waals surface area contributed by atoms with Crippen LogP contribution < -0.4 is 10.6 Å². The molecule has 1 aliphatic heterocycles. The summed E-state index contributed by atoms with van der Waals surface area (Å²) >= 11 is 0. The fraction of sp³-hybridized carbons (Fsp3) is 0.667. The Bertz CT molecular complexity index is 192. The Morgan fingerprint density at radius 3 is 2.82 bits per heavy atom. The van der Waals surface area contributed by atoms with Gasteiger partial charge in [-0.1, -0.05) is 0 Å². The Morgan fingerprint density at radius 2 is 2.45 bits per heavy atom. The first-order valence-corrected chi connectivity index (χ1v) is 3.39. The number of carbonyl (C=O) groups is 2. The first-order valence-electron chi connectivity index (χ1n) is 3.39. The lowest BCUT2D eigenvalue weighted by molar-refractivity contribution is -0.120. The monoisotopic (exact) mass is 158 g/mol. The van der Waals surface area contributed by atoms with Crippen LogP contribution in [0.1, 0.15) is 13.3 Å². The van der Waals surface area contributed by atoms with Crippen molar-refractivity contribution >= 4 is 12.0 Å². The van der Waals surface area contributed by atoms with Crippen molar-refractivity contribution in [3.8, 4) is 0 Å². The zero-order valence-electron chi connectivity index (χ0n) is 6.13. The van der Waals surface area contributed by atoms with Crippen molar-refractivity contribution in [3.05, 3.63) is 0 Å². The summed E-state index contributed by atoms with van der Waals surface area (Å²) < 4.78 is 0. The third-order valence-electron chi connectivity index (χ3n) is 1.59. The molecule has 2 atom stereocenters. The van der Waals surface area contributed by atoms with Gasteiger partial charge in [0.05, 0.1) is 0 Å². The molecule has 5 nitrogen and oxygen atoms in total. The summed E-state index contributed by atoms with van der Waals surface area (Å²) in [6.07, 6.45) is -0.621. The van der Waals surface area contributed by atoms with Gasteiger partial charge in [0.2, 0.25) is 5.91 Å². The molecule has 62 valence electrons. The average Bonchev–Trinajstić information content (AvgIpc) is 2.09. The lowest BCUT2D eigenvalue weighted by Gasteiger charge is -2.04. The summed E-state index contributed by atoms with van der Waals surface area (Å²) in [5.41, 5.74) is 0. The van der Waals surface area contributed by atoms with E-state index in [1.807, 2.05) is 6.92 Å². The molecule has 0 aromatic heterocycles. The van der Waals surface area contributed by atoms with Crippen LogP contribution in [0.2, 0.25) is 0 Å². The minimum Gasteiger partial charge on any atom is -0.465 e. The van der Waals surface area contributed by atoms with Crippen LogP contribution in [-0.4, -0.2) is 29.2 Å². The minimum absolute atomic E-state index is 0.0688. The van der Waals surface area contributed by atoms with Crippen LogP contribution >= 0.6 is 0 Å². The van der Waals surface area contributed by atoms with Crippen LogP contribution in [0.4, 0.5) is 4.79 Å². The molecule has 1 saturated heterocycles. The summed E-state index contributed by atoms with van der Waals surface area (Å²) in [6.45, 7) is 1.83. The molecule has 0 aromatic carbocycles. The van der Waals surface area contributed by atoms with Crippen LogP contribution in [-0.2, 0) is 4.79 Å². The number of rotatable bonds is 1. The van der Waals surface area contributed by atoms with Crippen molar-refractivity contribution in [2.75, 3.05) is 0 Å². The van der Waals surface area contributed by atoms with Crippen LogP contribution in [0.3, 0.4) is 0 Å². The van der Waals surface area contributed by atoms with E-state index in [-0.39, 0.29) is 11.9 Å². The van der Waals surface area contributed by atoms with Gasteiger partial charge >= 0.3 is 6.09 Å². The molecule has 0 bridgehead atoms. The van der Waals surface area contributed by atoms with Gasteiger partial charge in [-0.25, -0.2) is 4.79 Å². The molecule has 0 radical (unpaired) electrons. The SMILES string of the molecule is C[C@@H]1C[C@@H](NC(=O)O)C(=O)N1. The Hall–Kier alpha value is -1.26. The number of carboxylic acid groups (broad SMARTS) is 1. The number of carbonyl (C=O) groups excluding carboxylic acids is 1. The van der Waals surface area contributed by atoms with Gasteiger partial charge in [0, 0.05) is 6.04 Å². The summed E-state index contributed by atoms with van der Waals surface area (Å²) in [7, 11) is 0. The van der Waals surface area contributed by atoms with Gasteiger partial charge in [0.25, 0.3) is 0 Å². The van der Waals surface area contributed by atoms with Gasteiger partial charge in [-0.05, 0) is 13.3 Å². The second kappa shape index (κ2) is 2.77. The van der Waals surface area contributed by atoms with Gasteiger partial charge in [-0.3, -0.25) is 4.79 Å². The summed E-state index contributed by atoms with van der Waals surface area (Å²) in [5.74, 6) is -0.236. The molecule has 3 N–H and O–H groups in total. The molecule has 1 heterocycles. The second-order valence-electron chi connectivity index (χ2n) is 2.65. The van der Waals surface area contributed by atoms with Gasteiger partial charge in [-0.15, -0.1) is 0 Å². The largest absolute Gasteiger partial charge is 0.465 e. The molecule has 1 fully saturated rings. The Balaban J connectivity index is 2.47. The molecule has 5 heteroatoms. The summed E-state index contributed by atoms with van der Waals surface area (Å²) in [6, 6.07) is -0.498. The van der Waals surface area contributed by atoms with E-state index in [2.05, 4.69) is 10.6 Å². The molecule has 2 amide bonds. The molecule has 0 unspecified atom stereocenters. The first-order chi connectivity index (χ1) is 5.09. The molecule has 1 rings (SSSR count). The number of hydrogen-bond donors (Lipinski definition) is 3. The van der Waals surface area contributed by atoms with Crippen LogP contribution in [0, 0.1) is 0 Å². The molecule has 0 aromatic rings. The second-order valence-corrected chi connectivity index (χ2v) is 2.65. The fourth-order valence-electron chi connectivity index (χ4n) is 1.14. The number of hydrogen-bond acceptors (Lipinski definition) is 2. The Labute approximate surface area is 63.8 Å². The van der Waals surface area contributed by atoms with Crippen molar-refractivity contribution in [1.82, 2.24) is 10.6 Å². The standard InChI is InChI=1S/C6H10N2O3/c1-3-2-4(5(9)7-3)8-6(10)11/h3-4,8H,2H2,1H3,(H,7,9)(H,10,11)/t3-,4-/m1/s1. The lowest BCUT2D eigenvalue weighted by Crippen LogP contribution is -2.39. The van der Waals surface area contributed by atoms with Crippen LogP contribution in [0.5, 0.6) is 0 Å². The number of amides is 2. The maximum Gasteiger partial charge on any atom is 0.405 e. The maximum atomic E-state index is 10.9. The molecular weight excluding hydrogens is 148 g/mol. The van der Waals surface area contributed by atoms with Gasteiger partial charge in [0.15, 0.2) is 0 Å². The smallest absolute Gasteiger partial charge is 0.405 e. The van der Waals surface area contributed by atoms with Crippen molar-refractivity contribution in [2.45, 2.75) is 25.4 Å². The molecule has 0 aliphatic carbocycles. The van der Waals surface area contributed by atoms with Crippen molar-refractivity contribution in [3.63, 3.8) is 0 Å². The normalized spacial score (nSPS) is 29.7. The van der Waals surface area contributed by atoms with E-state index in [1.165, 1.54) is 0 Å². The van der Waals surface area contributed by atoms with E-state index in [9.17, 15) is 9.59 Å². The highest BCUT2D eigenvalue weighted by Crippen LogP contribution is 2.06. The Morgan fingerprint density at radius 1 is 1.82 bits per heavy atom. The minimum atomic E-state index is -1.15. The van der Waals surface area contributed by atoms with E-state index in [1.54, 1.807) is 0 Å². The third-order valence-corrected chi connectivity index (χ3v) is 1.59. The summed E-state index contributed by atoms with van der Waals surface area (Å²) in [5, 5.41) is 13.0. The Kier molecular flexibility index (Phi) is 1.98. The van der Waals surface area contributed by atoms with Crippen molar-refractivity contribution < 1.29 is 14.7 Å². The predicted octanol–water partition coefficient (Wildman–Crippen LogP) is -0.469. The predicted molar refractivity (Wildman–Crippen MR) is 37.2 cm³/mol. The van der Waals surface area contributed by atoms with E-state index < -0.39 is 12.1 Å². The van der Waals surface area contributed by atoms with E-state index in [0.717, 1.165) is 0 Å². The van der Waals surface area contributed by atoms with E-state index in [0.29, 0.717) is 6.42 Å². The van der Waals surface area contributed by atoms with Crippen LogP contribution in [0.25, 0.3) is 0 Å². The van der Waals surface area contributed by atoms with Crippen molar-refractivity contribution in [1.29, 1.82) is 0 Å². The van der Waals surface area contributed by atoms with E-state index >= 15 is 0 Å². The van der Waals surface area contributed by atoms with Gasteiger partial charge in [0.1, 0.15) is 6.04 Å². The van der Waals surface area contributed by atoms with Crippen molar-refractivity contribution in [2.24, 2.45) is 0 Å². The average molecular weight is 158 g/mol. The molecule has 0 spiro atoms. The maximum absolute atomic E-state index is 10.9. The first kappa shape index (κ1) is 7.84. The zero-order valence-corrected chi connectivity index (χ0v) is 6.13. The highest BCUT2D eigenvalue weighted by Gasteiger charge is 2.30. The summed E-state index contributed by atoms with van der Waals surface area (Å²) in [4.78, 5) is 21.0. The fourth-order valence-corrected chi connectivity index (χ4v) is 1.14. The molecular formula is C6H10N2O3. The highest BCUT2D eigenvalue weighted by atomic mass is 16.4. The van der Waals surface area contributed by atoms with Gasteiger partial charge < -0.3 is 15.7 Å². The topological polar surface area (TPSA) is 78.4 Å². The van der Waals surface area contributed by atoms with Gasteiger partial charge in [-0.2, -0.15) is 0 Å². The zero-order chi connectivity index (χ0) is 8.43. The molecule has 1 aliphatic rings.